The van der Waals surface area contributed by atoms with Gasteiger partial charge in [0.2, 0.25) is 0 Å². The van der Waals surface area contributed by atoms with Crippen molar-refractivity contribution in [3.63, 3.8) is 0 Å². The first-order chi connectivity index (χ1) is 7.25. The molecule has 80 valence electrons. The molecular formula is C12H15NOS. The number of thiazole rings is 1. The number of ketones is 1. The van der Waals surface area contributed by atoms with Crippen molar-refractivity contribution < 1.29 is 4.79 Å². The molecule has 0 amide bonds. The van der Waals surface area contributed by atoms with Gasteiger partial charge >= 0.3 is 0 Å². The summed E-state index contributed by atoms with van der Waals surface area (Å²) < 4.78 is 0. The summed E-state index contributed by atoms with van der Waals surface area (Å²) in [6, 6.07) is 0. The second-order valence-corrected chi connectivity index (χ2v) is 5.85. The lowest BCUT2D eigenvalue weighted by Crippen LogP contribution is -2.09. The van der Waals surface area contributed by atoms with E-state index in [2.05, 4.69) is 4.98 Å². The minimum Gasteiger partial charge on any atom is -0.299 e. The molecule has 0 bridgehead atoms. The van der Waals surface area contributed by atoms with Crippen molar-refractivity contribution in [2.24, 2.45) is 17.8 Å². The number of aromatic nitrogens is 1. The number of Topliss-reactive ketones (excluding diaryl/α,β-unsaturated/α-hetero) is 1. The van der Waals surface area contributed by atoms with E-state index < -0.39 is 0 Å². The normalized spacial score (nSPS) is 32.7. The van der Waals surface area contributed by atoms with Gasteiger partial charge in [-0.1, -0.05) is 6.42 Å². The van der Waals surface area contributed by atoms with Crippen LogP contribution in [0.25, 0.3) is 0 Å². The summed E-state index contributed by atoms with van der Waals surface area (Å²) in [6.45, 7) is 1.99. The first-order valence-electron chi connectivity index (χ1n) is 5.69. The Morgan fingerprint density at radius 1 is 1.53 bits per heavy atom. The van der Waals surface area contributed by atoms with E-state index in [1.807, 2.05) is 12.3 Å². The zero-order valence-corrected chi connectivity index (χ0v) is 9.72. The molecular weight excluding hydrogens is 206 g/mol. The lowest BCUT2D eigenvalue weighted by atomic mass is 10.0. The topological polar surface area (TPSA) is 30.0 Å². The van der Waals surface area contributed by atoms with Crippen molar-refractivity contribution in [2.45, 2.75) is 32.6 Å². The molecule has 15 heavy (non-hydrogen) atoms. The van der Waals surface area contributed by atoms with Gasteiger partial charge in [0.25, 0.3) is 0 Å². The van der Waals surface area contributed by atoms with Crippen LogP contribution in [0.3, 0.4) is 0 Å². The molecule has 1 heterocycles. The Bertz CT molecular complexity index is 388. The molecule has 2 fully saturated rings. The fraction of sp³-hybridized carbons (Fsp3) is 0.667. The summed E-state index contributed by atoms with van der Waals surface area (Å²) in [5.74, 6) is 2.34. The summed E-state index contributed by atoms with van der Waals surface area (Å²) in [4.78, 5) is 16.3. The largest absolute Gasteiger partial charge is 0.299 e. The van der Waals surface area contributed by atoms with E-state index in [4.69, 9.17) is 0 Å². The van der Waals surface area contributed by atoms with Gasteiger partial charge in [0.1, 0.15) is 5.78 Å². The van der Waals surface area contributed by atoms with Crippen LogP contribution in [0.1, 0.15) is 30.0 Å². The molecule has 2 aliphatic rings. The van der Waals surface area contributed by atoms with Crippen molar-refractivity contribution in [3.05, 3.63) is 16.1 Å². The molecule has 2 nitrogen and oxygen atoms in total. The fourth-order valence-electron chi connectivity index (χ4n) is 3.08. The van der Waals surface area contributed by atoms with Crippen LogP contribution in [-0.2, 0) is 11.2 Å². The summed E-state index contributed by atoms with van der Waals surface area (Å²) in [5.41, 5.74) is 0.979. The molecule has 0 saturated heterocycles. The summed E-state index contributed by atoms with van der Waals surface area (Å²) in [6.07, 6.45) is 4.49. The SMILES string of the molecule is Cc1nc(CC(=O)C2C3CCCC32)cs1. The van der Waals surface area contributed by atoms with Gasteiger partial charge in [-0.2, -0.15) is 0 Å². The third kappa shape index (κ3) is 1.63. The van der Waals surface area contributed by atoms with Crippen LogP contribution < -0.4 is 0 Å². The van der Waals surface area contributed by atoms with Crippen molar-refractivity contribution in [3.8, 4) is 0 Å². The minimum atomic E-state index is 0.403. The summed E-state index contributed by atoms with van der Waals surface area (Å²) in [7, 11) is 0. The summed E-state index contributed by atoms with van der Waals surface area (Å²) >= 11 is 1.64. The molecule has 1 aromatic rings. The predicted molar refractivity (Wildman–Crippen MR) is 59.9 cm³/mol. The van der Waals surface area contributed by atoms with Crippen LogP contribution in [0.5, 0.6) is 0 Å². The molecule has 2 unspecified atom stereocenters. The van der Waals surface area contributed by atoms with Gasteiger partial charge < -0.3 is 0 Å². The third-order valence-corrected chi connectivity index (χ3v) is 4.62. The van der Waals surface area contributed by atoms with Gasteiger partial charge in [-0.15, -0.1) is 11.3 Å². The molecule has 2 atom stereocenters. The first kappa shape index (κ1) is 9.52. The van der Waals surface area contributed by atoms with E-state index in [0.29, 0.717) is 18.1 Å². The highest BCUT2D eigenvalue weighted by atomic mass is 32.1. The molecule has 0 N–H and O–H groups in total. The van der Waals surface area contributed by atoms with Crippen molar-refractivity contribution in [1.82, 2.24) is 4.98 Å². The number of carbonyl (C=O) groups is 1. The molecule has 2 saturated carbocycles. The van der Waals surface area contributed by atoms with Gasteiger partial charge in [-0.25, -0.2) is 4.98 Å². The van der Waals surface area contributed by atoms with E-state index in [1.165, 1.54) is 19.3 Å². The highest BCUT2D eigenvalue weighted by Crippen LogP contribution is 2.58. The number of fused-ring (bicyclic) bond motifs is 1. The maximum absolute atomic E-state index is 12.0. The summed E-state index contributed by atoms with van der Waals surface area (Å²) in [5, 5.41) is 3.08. The van der Waals surface area contributed by atoms with Crippen LogP contribution in [0.15, 0.2) is 5.38 Å². The lowest BCUT2D eigenvalue weighted by Gasteiger charge is -2.00. The molecule has 3 heteroatoms. The third-order valence-electron chi connectivity index (χ3n) is 3.80. The average molecular weight is 221 g/mol. The molecule has 0 aromatic carbocycles. The monoisotopic (exact) mass is 221 g/mol. The highest BCUT2D eigenvalue weighted by molar-refractivity contribution is 7.09. The molecule has 2 aliphatic carbocycles. The Kier molecular flexibility index (Phi) is 2.16. The van der Waals surface area contributed by atoms with Gasteiger partial charge in [-0.3, -0.25) is 4.79 Å². The van der Waals surface area contributed by atoms with Crippen LogP contribution >= 0.6 is 11.3 Å². The van der Waals surface area contributed by atoms with Crippen molar-refractivity contribution >= 4 is 17.1 Å². The van der Waals surface area contributed by atoms with E-state index in [-0.39, 0.29) is 0 Å². The average Bonchev–Trinajstić information content (AvgIpc) is 2.60. The van der Waals surface area contributed by atoms with Gasteiger partial charge in [0.05, 0.1) is 10.7 Å². The number of rotatable bonds is 3. The maximum atomic E-state index is 12.0. The molecule has 0 aliphatic heterocycles. The Morgan fingerprint density at radius 2 is 2.27 bits per heavy atom. The zero-order chi connectivity index (χ0) is 10.4. The molecule has 1 aromatic heterocycles. The predicted octanol–water partition coefficient (Wildman–Crippen LogP) is 2.61. The first-order valence-corrected chi connectivity index (χ1v) is 6.57. The molecule has 3 rings (SSSR count). The van der Waals surface area contributed by atoms with Gasteiger partial charge in [0.15, 0.2) is 0 Å². The molecule has 0 spiro atoms. The smallest absolute Gasteiger partial charge is 0.142 e. The van der Waals surface area contributed by atoms with Crippen LogP contribution in [-0.4, -0.2) is 10.8 Å². The van der Waals surface area contributed by atoms with Crippen molar-refractivity contribution in [1.29, 1.82) is 0 Å². The second-order valence-electron chi connectivity index (χ2n) is 4.79. The Labute approximate surface area is 93.7 Å². The number of nitrogens with zero attached hydrogens (tertiary/aromatic N) is 1. The number of hydrogen-bond donors (Lipinski definition) is 0. The van der Waals surface area contributed by atoms with E-state index in [0.717, 1.165) is 22.5 Å². The van der Waals surface area contributed by atoms with Crippen LogP contribution in [0, 0.1) is 24.7 Å². The maximum Gasteiger partial charge on any atom is 0.142 e. The second kappa shape index (κ2) is 3.41. The lowest BCUT2D eigenvalue weighted by molar-refractivity contribution is -0.120. The highest BCUT2D eigenvalue weighted by Gasteiger charge is 2.55. The quantitative estimate of drug-likeness (QED) is 0.785. The van der Waals surface area contributed by atoms with Gasteiger partial charge in [-0.05, 0) is 31.6 Å². The fourth-order valence-corrected chi connectivity index (χ4v) is 3.70. The van der Waals surface area contributed by atoms with Gasteiger partial charge in [0, 0.05) is 17.7 Å². The number of hydrogen-bond acceptors (Lipinski definition) is 3. The van der Waals surface area contributed by atoms with Crippen LogP contribution in [0.2, 0.25) is 0 Å². The number of aryl methyl sites for hydroxylation is 1. The van der Waals surface area contributed by atoms with E-state index >= 15 is 0 Å². The van der Waals surface area contributed by atoms with Crippen LogP contribution in [0.4, 0.5) is 0 Å². The standard InChI is InChI=1S/C12H15NOS/c1-7-13-8(6-15-7)5-11(14)12-9-3-2-4-10(9)12/h6,9-10,12H,2-5H2,1H3. The minimum absolute atomic E-state index is 0.403. The Hall–Kier alpha value is -0.700. The Morgan fingerprint density at radius 3 is 2.87 bits per heavy atom. The molecule has 0 radical (unpaired) electrons. The van der Waals surface area contributed by atoms with E-state index in [1.54, 1.807) is 11.3 Å². The zero-order valence-electron chi connectivity index (χ0n) is 8.90. The van der Waals surface area contributed by atoms with Crippen molar-refractivity contribution in [2.75, 3.05) is 0 Å². The van der Waals surface area contributed by atoms with E-state index in [9.17, 15) is 4.79 Å². The Balaban J connectivity index is 1.63. The number of carbonyl (C=O) groups excluding carboxylic acids is 1.